The lowest BCUT2D eigenvalue weighted by molar-refractivity contribution is -0.139. The zero-order valence-electron chi connectivity index (χ0n) is 11.8. The normalized spacial score (nSPS) is 12.0. The molecular weight excluding hydrogens is 300 g/mol. The quantitative estimate of drug-likeness (QED) is 0.786. The lowest BCUT2D eigenvalue weighted by Crippen LogP contribution is -2.40. The van der Waals surface area contributed by atoms with Gasteiger partial charge in [-0.3, -0.25) is 9.59 Å². The van der Waals surface area contributed by atoms with Gasteiger partial charge in [0.05, 0.1) is 12.2 Å². The maximum atomic E-state index is 13.5. The van der Waals surface area contributed by atoms with Crippen LogP contribution in [0.4, 0.5) is 8.78 Å². The largest absolute Gasteiger partial charge is 0.481 e. The number of amides is 1. The Morgan fingerprint density at radius 2 is 2.05 bits per heavy atom. The van der Waals surface area contributed by atoms with Gasteiger partial charge in [-0.2, -0.15) is 0 Å². The summed E-state index contributed by atoms with van der Waals surface area (Å²) in [6.07, 6.45) is -0.144. The molecule has 116 valence electrons. The van der Waals surface area contributed by atoms with Gasteiger partial charge in [0.2, 0.25) is 5.91 Å². The summed E-state index contributed by atoms with van der Waals surface area (Å²) >= 11 is 0.964. The first-order valence-electron chi connectivity index (χ1n) is 6.44. The van der Waals surface area contributed by atoms with E-state index in [0.29, 0.717) is 6.54 Å². The Balaban J connectivity index is 2.64. The van der Waals surface area contributed by atoms with Gasteiger partial charge in [-0.25, -0.2) is 8.78 Å². The Bertz CT molecular complexity index is 525. The summed E-state index contributed by atoms with van der Waals surface area (Å²) in [4.78, 5) is 24.4. The highest BCUT2D eigenvalue weighted by molar-refractivity contribution is 8.00. The Morgan fingerprint density at radius 1 is 1.38 bits per heavy atom. The van der Waals surface area contributed by atoms with Crippen molar-refractivity contribution in [3.63, 3.8) is 0 Å². The molecule has 1 rings (SSSR count). The van der Waals surface area contributed by atoms with Gasteiger partial charge in [0, 0.05) is 23.5 Å². The number of halogens is 2. The number of nitrogens with zero attached hydrogens (tertiary/aromatic N) is 1. The summed E-state index contributed by atoms with van der Waals surface area (Å²) in [7, 11) is 0. The van der Waals surface area contributed by atoms with Crippen LogP contribution in [0.2, 0.25) is 0 Å². The minimum atomic E-state index is -0.981. The fraction of sp³-hybridized carbons (Fsp3) is 0.429. The first-order valence-corrected chi connectivity index (χ1v) is 7.42. The number of rotatable bonds is 7. The second kappa shape index (κ2) is 7.97. The summed E-state index contributed by atoms with van der Waals surface area (Å²) in [6.45, 7) is 3.78. The molecular formula is C14H17F2NO3S. The van der Waals surface area contributed by atoms with Gasteiger partial charge in [0.25, 0.3) is 0 Å². The summed E-state index contributed by atoms with van der Waals surface area (Å²) in [6, 6.07) is 2.73. The molecule has 21 heavy (non-hydrogen) atoms. The molecule has 0 spiro atoms. The van der Waals surface area contributed by atoms with Crippen LogP contribution in [-0.2, 0) is 9.59 Å². The molecule has 1 atom stereocenters. The molecule has 0 saturated carbocycles. The van der Waals surface area contributed by atoms with Crippen molar-refractivity contribution in [1.82, 2.24) is 4.90 Å². The van der Waals surface area contributed by atoms with Crippen LogP contribution in [0.1, 0.15) is 20.3 Å². The van der Waals surface area contributed by atoms with Crippen molar-refractivity contribution in [2.24, 2.45) is 0 Å². The molecule has 1 amide bonds. The number of hydrogen-bond donors (Lipinski definition) is 1. The SMILES string of the molecule is CCN(C(=O)CSc1ccc(F)cc1F)C(C)CC(=O)O. The predicted octanol–water partition coefficient (Wildman–Crippen LogP) is 2.77. The zero-order valence-corrected chi connectivity index (χ0v) is 12.6. The molecule has 1 aromatic carbocycles. The van der Waals surface area contributed by atoms with Crippen LogP contribution < -0.4 is 0 Å². The number of thioether (sulfide) groups is 1. The van der Waals surface area contributed by atoms with Crippen molar-refractivity contribution < 1.29 is 23.5 Å². The van der Waals surface area contributed by atoms with Crippen molar-refractivity contribution in [2.75, 3.05) is 12.3 Å². The van der Waals surface area contributed by atoms with E-state index in [4.69, 9.17) is 5.11 Å². The van der Waals surface area contributed by atoms with Gasteiger partial charge >= 0.3 is 5.97 Å². The number of carbonyl (C=O) groups is 2. The van der Waals surface area contributed by atoms with Crippen molar-refractivity contribution in [1.29, 1.82) is 0 Å². The minimum Gasteiger partial charge on any atom is -0.481 e. The number of aliphatic carboxylic acids is 1. The monoisotopic (exact) mass is 317 g/mol. The van der Waals surface area contributed by atoms with E-state index in [1.54, 1.807) is 13.8 Å². The van der Waals surface area contributed by atoms with Crippen LogP contribution in [0.3, 0.4) is 0 Å². The van der Waals surface area contributed by atoms with Gasteiger partial charge in [-0.05, 0) is 26.0 Å². The van der Waals surface area contributed by atoms with Crippen LogP contribution in [0, 0.1) is 11.6 Å². The van der Waals surface area contributed by atoms with E-state index >= 15 is 0 Å². The minimum absolute atomic E-state index is 0.0274. The molecule has 0 bridgehead atoms. The third kappa shape index (κ3) is 5.34. The molecule has 0 aliphatic carbocycles. The Kier molecular flexibility index (Phi) is 6.61. The molecule has 1 N–H and O–H groups in total. The molecule has 1 aromatic rings. The van der Waals surface area contributed by atoms with Gasteiger partial charge in [-0.1, -0.05) is 0 Å². The second-order valence-electron chi connectivity index (χ2n) is 4.49. The third-order valence-electron chi connectivity index (χ3n) is 2.91. The predicted molar refractivity (Wildman–Crippen MR) is 76.2 cm³/mol. The smallest absolute Gasteiger partial charge is 0.305 e. The highest BCUT2D eigenvalue weighted by Crippen LogP contribution is 2.23. The van der Waals surface area contributed by atoms with E-state index in [9.17, 15) is 18.4 Å². The lowest BCUT2D eigenvalue weighted by Gasteiger charge is -2.27. The summed E-state index contributed by atoms with van der Waals surface area (Å²) in [5, 5.41) is 8.75. The van der Waals surface area contributed by atoms with E-state index in [2.05, 4.69) is 0 Å². The average molecular weight is 317 g/mol. The fourth-order valence-corrected chi connectivity index (χ4v) is 2.72. The van der Waals surface area contributed by atoms with E-state index in [1.165, 1.54) is 11.0 Å². The molecule has 0 heterocycles. The molecule has 0 radical (unpaired) electrons. The molecule has 0 aliphatic heterocycles. The number of carboxylic acid groups (broad SMARTS) is 1. The van der Waals surface area contributed by atoms with E-state index < -0.39 is 23.6 Å². The van der Waals surface area contributed by atoms with Crippen LogP contribution in [0.25, 0.3) is 0 Å². The topological polar surface area (TPSA) is 57.6 Å². The highest BCUT2D eigenvalue weighted by Gasteiger charge is 2.21. The fourth-order valence-electron chi connectivity index (χ4n) is 1.91. The molecule has 0 aliphatic rings. The molecule has 0 saturated heterocycles. The molecule has 7 heteroatoms. The molecule has 0 fully saturated rings. The molecule has 0 aromatic heterocycles. The van der Waals surface area contributed by atoms with Crippen molar-refractivity contribution in [2.45, 2.75) is 31.2 Å². The third-order valence-corrected chi connectivity index (χ3v) is 3.94. The van der Waals surface area contributed by atoms with Gasteiger partial charge in [-0.15, -0.1) is 11.8 Å². The van der Waals surface area contributed by atoms with E-state index in [-0.39, 0.29) is 23.0 Å². The summed E-state index contributed by atoms with van der Waals surface area (Å²) < 4.78 is 26.2. The molecule has 4 nitrogen and oxygen atoms in total. The Labute approximate surface area is 126 Å². The standard InChI is InChI=1S/C14H17F2NO3S/c1-3-17(9(2)6-14(19)20)13(18)8-21-12-5-4-10(15)7-11(12)16/h4-5,7,9H,3,6,8H2,1-2H3,(H,19,20). The van der Waals surface area contributed by atoms with E-state index in [1.807, 2.05) is 0 Å². The summed E-state index contributed by atoms with van der Waals surface area (Å²) in [5.41, 5.74) is 0. The van der Waals surface area contributed by atoms with Crippen LogP contribution in [0.5, 0.6) is 0 Å². The van der Waals surface area contributed by atoms with Crippen LogP contribution in [0.15, 0.2) is 23.1 Å². The number of hydrogen-bond acceptors (Lipinski definition) is 3. The Morgan fingerprint density at radius 3 is 2.57 bits per heavy atom. The first-order chi connectivity index (χ1) is 9.85. The van der Waals surface area contributed by atoms with Crippen LogP contribution >= 0.6 is 11.8 Å². The number of benzene rings is 1. The number of carboxylic acids is 1. The van der Waals surface area contributed by atoms with Crippen molar-refractivity contribution in [3.8, 4) is 0 Å². The molecule has 1 unspecified atom stereocenters. The highest BCUT2D eigenvalue weighted by atomic mass is 32.2. The Hall–Kier alpha value is -1.63. The zero-order chi connectivity index (χ0) is 16.0. The van der Waals surface area contributed by atoms with Crippen molar-refractivity contribution >= 4 is 23.6 Å². The maximum absolute atomic E-state index is 13.5. The van der Waals surface area contributed by atoms with Crippen LogP contribution in [-0.4, -0.2) is 40.2 Å². The maximum Gasteiger partial charge on any atom is 0.305 e. The van der Waals surface area contributed by atoms with Gasteiger partial charge in [0.1, 0.15) is 11.6 Å². The van der Waals surface area contributed by atoms with Gasteiger partial charge in [0.15, 0.2) is 0 Å². The van der Waals surface area contributed by atoms with E-state index in [0.717, 1.165) is 23.9 Å². The lowest BCUT2D eigenvalue weighted by atomic mass is 10.2. The van der Waals surface area contributed by atoms with Crippen molar-refractivity contribution in [3.05, 3.63) is 29.8 Å². The first kappa shape index (κ1) is 17.4. The number of carbonyl (C=O) groups excluding carboxylic acids is 1. The van der Waals surface area contributed by atoms with Gasteiger partial charge < -0.3 is 10.0 Å². The average Bonchev–Trinajstić information content (AvgIpc) is 2.37. The second-order valence-corrected chi connectivity index (χ2v) is 5.51. The summed E-state index contributed by atoms with van der Waals surface area (Å²) in [5.74, 6) is -2.67.